The van der Waals surface area contributed by atoms with Crippen molar-refractivity contribution in [1.29, 1.82) is 0 Å². The summed E-state index contributed by atoms with van der Waals surface area (Å²) in [5, 5.41) is 0.418. The number of nitrogen functional groups attached to an aromatic ring is 1. The van der Waals surface area contributed by atoms with Gasteiger partial charge in [0.15, 0.2) is 5.15 Å². The number of benzene rings is 1. The monoisotopic (exact) mass is 253 g/mol. The Morgan fingerprint density at radius 2 is 2.18 bits per heavy atom. The fourth-order valence-corrected chi connectivity index (χ4v) is 2.05. The first kappa shape index (κ1) is 11.9. The maximum Gasteiger partial charge on any atom is 0.201 e. The van der Waals surface area contributed by atoms with Gasteiger partial charge < -0.3 is 10.3 Å². The quantitative estimate of drug-likeness (QED) is 0.914. The van der Waals surface area contributed by atoms with E-state index in [1.54, 1.807) is 10.6 Å². The molecule has 2 aromatic rings. The maximum atomic E-state index is 13.0. The van der Waals surface area contributed by atoms with Crippen LogP contribution in [0.2, 0.25) is 5.15 Å². The fourth-order valence-electron chi connectivity index (χ4n) is 1.74. The van der Waals surface area contributed by atoms with E-state index in [-0.39, 0.29) is 5.82 Å². The van der Waals surface area contributed by atoms with E-state index in [0.29, 0.717) is 23.9 Å². The number of imidazole rings is 1. The van der Waals surface area contributed by atoms with E-state index in [2.05, 4.69) is 4.98 Å². The molecule has 0 saturated carbocycles. The average Bonchev–Trinajstić information content (AvgIpc) is 2.51. The molecule has 0 aliphatic carbocycles. The summed E-state index contributed by atoms with van der Waals surface area (Å²) in [5.41, 5.74) is 7.44. The molecule has 0 radical (unpaired) electrons. The van der Waals surface area contributed by atoms with Crippen LogP contribution in [-0.2, 0) is 19.9 Å². The summed E-state index contributed by atoms with van der Waals surface area (Å²) in [4.78, 5) is 3.97. The first-order chi connectivity index (χ1) is 8.08. The van der Waals surface area contributed by atoms with Crippen molar-refractivity contribution in [2.45, 2.75) is 12.8 Å². The molecule has 0 amide bonds. The molecule has 0 fully saturated rings. The minimum Gasteiger partial charge on any atom is -0.369 e. The number of aromatic nitrogens is 2. The van der Waals surface area contributed by atoms with Gasteiger partial charge >= 0.3 is 0 Å². The molecule has 0 aliphatic rings. The topological polar surface area (TPSA) is 43.8 Å². The standard InChI is InChI=1S/C12H13ClFN3/c1-17-10(11(13)16-12(17)15)6-5-8-3-2-4-9(14)7-8/h2-4,7H,5-6H2,1H3,(H2,15,16). The molecular weight excluding hydrogens is 241 g/mol. The van der Waals surface area contributed by atoms with Gasteiger partial charge in [0.25, 0.3) is 0 Å². The number of nitrogens with zero attached hydrogens (tertiary/aromatic N) is 2. The lowest BCUT2D eigenvalue weighted by Gasteiger charge is -2.04. The third kappa shape index (κ3) is 2.58. The van der Waals surface area contributed by atoms with Gasteiger partial charge in [-0.15, -0.1) is 0 Å². The number of rotatable bonds is 3. The lowest BCUT2D eigenvalue weighted by Crippen LogP contribution is -2.03. The second kappa shape index (κ2) is 4.75. The second-order valence-electron chi connectivity index (χ2n) is 3.90. The van der Waals surface area contributed by atoms with Gasteiger partial charge in [-0.05, 0) is 30.5 Å². The summed E-state index contributed by atoms with van der Waals surface area (Å²) in [6, 6.07) is 6.53. The van der Waals surface area contributed by atoms with Crippen molar-refractivity contribution < 1.29 is 4.39 Å². The first-order valence-corrected chi connectivity index (χ1v) is 5.66. The van der Waals surface area contributed by atoms with Gasteiger partial charge in [-0.2, -0.15) is 0 Å². The Balaban J connectivity index is 2.12. The Kier molecular flexibility index (Phi) is 3.33. The number of hydrogen-bond donors (Lipinski definition) is 1. The Morgan fingerprint density at radius 1 is 1.41 bits per heavy atom. The predicted octanol–water partition coefficient (Wildman–Crippen LogP) is 2.58. The van der Waals surface area contributed by atoms with Gasteiger partial charge in [0, 0.05) is 7.05 Å². The predicted molar refractivity (Wildman–Crippen MR) is 66.4 cm³/mol. The van der Waals surface area contributed by atoms with Gasteiger partial charge in [0.05, 0.1) is 5.69 Å². The SMILES string of the molecule is Cn1c(N)nc(Cl)c1CCc1cccc(F)c1. The lowest BCUT2D eigenvalue weighted by molar-refractivity contribution is 0.625. The van der Waals surface area contributed by atoms with Crippen molar-refractivity contribution in [3.05, 3.63) is 46.5 Å². The van der Waals surface area contributed by atoms with Crippen LogP contribution in [-0.4, -0.2) is 9.55 Å². The van der Waals surface area contributed by atoms with Crippen molar-refractivity contribution in [3.8, 4) is 0 Å². The molecule has 1 aromatic carbocycles. The highest BCUT2D eigenvalue weighted by Crippen LogP contribution is 2.19. The summed E-state index contributed by atoms with van der Waals surface area (Å²) in [6.45, 7) is 0. The normalized spacial score (nSPS) is 10.8. The largest absolute Gasteiger partial charge is 0.369 e. The minimum absolute atomic E-state index is 0.224. The number of nitrogens with two attached hydrogens (primary N) is 1. The Hall–Kier alpha value is -1.55. The number of hydrogen-bond acceptors (Lipinski definition) is 2. The number of anilines is 1. The number of aryl methyl sites for hydroxylation is 1. The summed E-state index contributed by atoms with van der Waals surface area (Å²) >= 11 is 5.96. The van der Waals surface area contributed by atoms with Crippen LogP contribution in [0.3, 0.4) is 0 Å². The molecule has 0 saturated heterocycles. The van der Waals surface area contributed by atoms with Crippen molar-refractivity contribution in [3.63, 3.8) is 0 Å². The third-order valence-electron chi connectivity index (χ3n) is 2.74. The highest BCUT2D eigenvalue weighted by atomic mass is 35.5. The maximum absolute atomic E-state index is 13.0. The molecule has 90 valence electrons. The number of halogens is 2. The summed E-state index contributed by atoms with van der Waals surface area (Å²) in [7, 11) is 1.81. The van der Waals surface area contributed by atoms with Gasteiger partial charge in [-0.3, -0.25) is 0 Å². The van der Waals surface area contributed by atoms with Gasteiger partial charge in [-0.25, -0.2) is 9.37 Å². The zero-order valence-electron chi connectivity index (χ0n) is 9.45. The van der Waals surface area contributed by atoms with E-state index in [9.17, 15) is 4.39 Å². The Morgan fingerprint density at radius 3 is 2.76 bits per heavy atom. The smallest absolute Gasteiger partial charge is 0.201 e. The van der Waals surface area contributed by atoms with E-state index in [0.717, 1.165) is 11.3 Å². The fraction of sp³-hybridized carbons (Fsp3) is 0.250. The first-order valence-electron chi connectivity index (χ1n) is 5.29. The van der Waals surface area contributed by atoms with Gasteiger partial charge in [-0.1, -0.05) is 23.7 Å². The van der Waals surface area contributed by atoms with E-state index in [4.69, 9.17) is 17.3 Å². The molecule has 0 bridgehead atoms. The van der Waals surface area contributed by atoms with Crippen LogP contribution in [0.5, 0.6) is 0 Å². The van der Waals surface area contributed by atoms with Crippen LogP contribution < -0.4 is 5.73 Å². The molecule has 2 rings (SSSR count). The van der Waals surface area contributed by atoms with Crippen LogP contribution in [0.15, 0.2) is 24.3 Å². The van der Waals surface area contributed by atoms with Crippen LogP contribution in [0.1, 0.15) is 11.3 Å². The second-order valence-corrected chi connectivity index (χ2v) is 4.25. The third-order valence-corrected chi connectivity index (χ3v) is 3.04. The molecule has 1 heterocycles. The van der Waals surface area contributed by atoms with Crippen LogP contribution in [0.4, 0.5) is 10.3 Å². The molecule has 5 heteroatoms. The van der Waals surface area contributed by atoms with E-state index < -0.39 is 0 Å². The van der Waals surface area contributed by atoms with E-state index >= 15 is 0 Å². The molecule has 1 aromatic heterocycles. The molecule has 0 spiro atoms. The van der Waals surface area contributed by atoms with Crippen molar-refractivity contribution in [2.24, 2.45) is 7.05 Å². The van der Waals surface area contributed by atoms with E-state index in [1.165, 1.54) is 12.1 Å². The molecule has 0 aliphatic heterocycles. The van der Waals surface area contributed by atoms with Crippen LogP contribution in [0.25, 0.3) is 0 Å². The summed E-state index contributed by atoms with van der Waals surface area (Å²) < 4.78 is 14.7. The molecule has 17 heavy (non-hydrogen) atoms. The van der Waals surface area contributed by atoms with Crippen molar-refractivity contribution in [1.82, 2.24) is 9.55 Å². The van der Waals surface area contributed by atoms with Crippen LogP contribution in [0, 0.1) is 5.82 Å². The highest BCUT2D eigenvalue weighted by Gasteiger charge is 2.10. The molecular formula is C12H13ClFN3. The molecule has 0 atom stereocenters. The molecule has 0 unspecified atom stereocenters. The van der Waals surface area contributed by atoms with Gasteiger partial charge in [0.1, 0.15) is 5.82 Å². The van der Waals surface area contributed by atoms with Gasteiger partial charge in [0.2, 0.25) is 5.95 Å². The molecule has 2 N–H and O–H groups in total. The summed E-state index contributed by atoms with van der Waals surface area (Å²) in [5.74, 6) is 0.169. The molecule has 3 nitrogen and oxygen atoms in total. The van der Waals surface area contributed by atoms with Crippen molar-refractivity contribution in [2.75, 3.05) is 5.73 Å². The van der Waals surface area contributed by atoms with E-state index in [1.807, 2.05) is 13.1 Å². The zero-order chi connectivity index (χ0) is 12.4. The lowest BCUT2D eigenvalue weighted by atomic mass is 10.1. The Bertz CT molecular complexity index is 537. The average molecular weight is 254 g/mol. The van der Waals surface area contributed by atoms with Crippen LogP contribution >= 0.6 is 11.6 Å². The summed E-state index contributed by atoms with van der Waals surface area (Å²) in [6.07, 6.45) is 1.39. The highest BCUT2D eigenvalue weighted by molar-refractivity contribution is 6.30. The van der Waals surface area contributed by atoms with Crippen molar-refractivity contribution >= 4 is 17.5 Å². The zero-order valence-corrected chi connectivity index (χ0v) is 10.2. The Labute approximate surface area is 104 Å². The minimum atomic E-state index is -0.224.